The van der Waals surface area contributed by atoms with Gasteiger partial charge in [-0.25, -0.2) is 4.99 Å². The van der Waals surface area contributed by atoms with Gasteiger partial charge in [0.2, 0.25) is 5.91 Å². The lowest BCUT2D eigenvalue weighted by Crippen LogP contribution is -2.38. The Morgan fingerprint density at radius 1 is 1.12 bits per heavy atom. The number of thioether (sulfide) groups is 1. The summed E-state index contributed by atoms with van der Waals surface area (Å²) in [4.78, 5) is 19.3. The van der Waals surface area contributed by atoms with Crippen LogP contribution in [0.5, 0.6) is 0 Å². The Morgan fingerprint density at radius 2 is 1.96 bits per heavy atom. The van der Waals surface area contributed by atoms with E-state index in [0.29, 0.717) is 15.8 Å². The van der Waals surface area contributed by atoms with Crippen LogP contribution in [-0.4, -0.2) is 21.7 Å². The van der Waals surface area contributed by atoms with Crippen molar-refractivity contribution in [2.45, 2.75) is 18.9 Å². The number of hydrogen-bond acceptors (Lipinski definition) is 3. The Hall–Kier alpha value is -1.75. The van der Waals surface area contributed by atoms with Crippen LogP contribution in [0.3, 0.4) is 0 Å². The molecule has 0 radical (unpaired) electrons. The molecule has 1 fully saturated rings. The molecule has 3 aliphatic rings. The van der Waals surface area contributed by atoms with Gasteiger partial charge in [-0.2, -0.15) is 0 Å². The number of fused-ring (bicyclic) bond motifs is 3. The molecule has 0 saturated carbocycles. The Balaban J connectivity index is 1.75. The molecule has 1 aliphatic carbocycles. The van der Waals surface area contributed by atoms with Gasteiger partial charge >= 0.3 is 0 Å². The summed E-state index contributed by atoms with van der Waals surface area (Å²) in [5, 5.41) is 1.94. The summed E-state index contributed by atoms with van der Waals surface area (Å²) in [5.41, 5.74) is 5.53. The number of amidine groups is 1. The van der Waals surface area contributed by atoms with Gasteiger partial charge in [0.05, 0.1) is 17.5 Å². The molecule has 0 bridgehead atoms. The van der Waals surface area contributed by atoms with Gasteiger partial charge in [0.15, 0.2) is 5.17 Å². The molecule has 2 aliphatic heterocycles. The Kier molecular flexibility index (Phi) is 3.89. The van der Waals surface area contributed by atoms with E-state index in [9.17, 15) is 4.79 Å². The summed E-state index contributed by atoms with van der Waals surface area (Å²) in [5.74, 6) is 0.498. The molecule has 0 N–H and O–H groups in total. The fourth-order valence-corrected chi connectivity index (χ4v) is 5.35. The van der Waals surface area contributed by atoms with Crippen molar-refractivity contribution in [2.24, 2.45) is 4.99 Å². The lowest BCUT2D eigenvalue weighted by molar-refractivity contribution is -0.125. The number of carbonyl (C=O) groups excluding carboxylic acids is 1. The number of nitrogens with zero attached hydrogens (tertiary/aromatic N) is 2. The van der Waals surface area contributed by atoms with E-state index in [2.05, 4.69) is 18.2 Å². The first-order valence-electron chi connectivity index (χ1n) is 8.43. The van der Waals surface area contributed by atoms with E-state index in [1.807, 2.05) is 23.1 Å². The number of halogens is 2. The normalized spacial score (nSPS) is 21.3. The number of aliphatic imine (C=N–C) groups is 1. The predicted octanol–water partition coefficient (Wildman–Crippen LogP) is 5.34. The van der Waals surface area contributed by atoms with Gasteiger partial charge in [-0.15, -0.1) is 0 Å². The quantitative estimate of drug-likeness (QED) is 0.647. The molecule has 1 saturated heterocycles. The molecule has 0 aromatic heterocycles. The summed E-state index contributed by atoms with van der Waals surface area (Å²) in [6.07, 6.45) is 1.80. The number of carbonyl (C=O) groups is 1. The van der Waals surface area contributed by atoms with Crippen molar-refractivity contribution in [2.75, 3.05) is 5.75 Å². The highest BCUT2D eigenvalue weighted by molar-refractivity contribution is 8.15. The van der Waals surface area contributed by atoms with Crippen molar-refractivity contribution in [3.63, 3.8) is 0 Å². The molecule has 0 unspecified atom stereocenters. The zero-order chi connectivity index (χ0) is 17.8. The molecule has 130 valence electrons. The molecule has 5 rings (SSSR count). The first-order chi connectivity index (χ1) is 12.6. The molecular formula is C20H14Cl2N2OS. The summed E-state index contributed by atoms with van der Waals surface area (Å²) >= 11 is 14.1. The molecule has 26 heavy (non-hydrogen) atoms. The third-order valence-corrected chi connectivity index (χ3v) is 6.59. The Morgan fingerprint density at radius 3 is 2.81 bits per heavy atom. The summed E-state index contributed by atoms with van der Waals surface area (Å²) < 4.78 is 0. The van der Waals surface area contributed by atoms with Crippen LogP contribution < -0.4 is 0 Å². The van der Waals surface area contributed by atoms with E-state index in [-0.39, 0.29) is 11.9 Å². The van der Waals surface area contributed by atoms with Gasteiger partial charge in [0.25, 0.3) is 0 Å². The van der Waals surface area contributed by atoms with Crippen molar-refractivity contribution in [1.82, 2.24) is 4.90 Å². The lowest BCUT2D eigenvalue weighted by Gasteiger charge is -2.37. The van der Waals surface area contributed by atoms with Crippen LogP contribution in [0.1, 0.15) is 29.2 Å². The minimum Gasteiger partial charge on any atom is -0.279 e. The smallest absolute Gasteiger partial charge is 0.239 e. The van der Waals surface area contributed by atoms with E-state index in [1.165, 1.54) is 17.3 Å². The molecule has 6 heteroatoms. The first-order valence-corrected chi connectivity index (χ1v) is 10.2. The van der Waals surface area contributed by atoms with Crippen LogP contribution in [0.2, 0.25) is 10.0 Å². The third kappa shape index (κ3) is 2.43. The van der Waals surface area contributed by atoms with Crippen LogP contribution in [0.4, 0.5) is 0 Å². The van der Waals surface area contributed by atoms with E-state index < -0.39 is 0 Å². The zero-order valence-corrected chi connectivity index (χ0v) is 16.0. The minimum absolute atomic E-state index is 0.0789. The molecule has 0 spiro atoms. The molecule has 2 heterocycles. The third-order valence-electron chi connectivity index (χ3n) is 5.09. The van der Waals surface area contributed by atoms with Gasteiger partial charge in [-0.05, 0) is 41.7 Å². The molecule has 2 aromatic rings. The summed E-state index contributed by atoms with van der Waals surface area (Å²) in [6, 6.07) is 13.7. The highest BCUT2D eigenvalue weighted by atomic mass is 35.5. The lowest BCUT2D eigenvalue weighted by atomic mass is 9.82. The van der Waals surface area contributed by atoms with E-state index in [4.69, 9.17) is 28.2 Å². The monoisotopic (exact) mass is 400 g/mol. The van der Waals surface area contributed by atoms with Crippen LogP contribution in [-0.2, 0) is 11.2 Å². The van der Waals surface area contributed by atoms with Crippen LogP contribution in [0, 0.1) is 0 Å². The van der Waals surface area contributed by atoms with Gasteiger partial charge in [-0.1, -0.05) is 65.3 Å². The maximum absolute atomic E-state index is 12.6. The molecule has 2 aromatic carbocycles. The van der Waals surface area contributed by atoms with Gasteiger partial charge < -0.3 is 0 Å². The average Bonchev–Trinajstić information content (AvgIpc) is 3.01. The second kappa shape index (κ2) is 6.15. The van der Waals surface area contributed by atoms with Crippen LogP contribution in [0.15, 0.2) is 53.0 Å². The first kappa shape index (κ1) is 16.4. The fourth-order valence-electron chi connectivity index (χ4n) is 3.94. The maximum atomic E-state index is 12.6. The number of benzene rings is 2. The van der Waals surface area contributed by atoms with Crippen molar-refractivity contribution in [1.29, 1.82) is 0 Å². The number of amides is 1. The van der Waals surface area contributed by atoms with Crippen molar-refractivity contribution >= 4 is 51.7 Å². The second-order valence-electron chi connectivity index (χ2n) is 6.55. The average molecular weight is 401 g/mol. The summed E-state index contributed by atoms with van der Waals surface area (Å²) in [7, 11) is 0. The topological polar surface area (TPSA) is 32.7 Å². The van der Waals surface area contributed by atoms with Gasteiger partial charge in [-0.3, -0.25) is 9.69 Å². The van der Waals surface area contributed by atoms with E-state index >= 15 is 0 Å². The Bertz CT molecular complexity index is 1010. The standard InChI is InChI=1S/C20H14Cl2N2OS/c21-12-6-8-14(16(22)9-12)19-15-7-5-11-3-1-2-4-13(11)18(15)23-20-24(19)17(25)10-26-20/h1-4,6,8-9,19H,5,7,10H2/t19-/m1/s1. The highest BCUT2D eigenvalue weighted by Crippen LogP contribution is 2.48. The predicted molar refractivity (Wildman–Crippen MR) is 108 cm³/mol. The largest absolute Gasteiger partial charge is 0.279 e. The SMILES string of the molecule is O=C1CSC2=NC3=C(CCc4ccccc43)[C@@H](c3ccc(Cl)cc3Cl)N12. The zero-order valence-electron chi connectivity index (χ0n) is 13.7. The minimum atomic E-state index is -0.210. The maximum Gasteiger partial charge on any atom is 0.239 e. The molecule has 1 atom stereocenters. The second-order valence-corrected chi connectivity index (χ2v) is 8.33. The van der Waals surface area contributed by atoms with Crippen molar-refractivity contribution in [3.8, 4) is 0 Å². The Labute approximate surface area is 165 Å². The number of rotatable bonds is 1. The molecule has 1 amide bonds. The molecule has 3 nitrogen and oxygen atoms in total. The van der Waals surface area contributed by atoms with Crippen LogP contribution in [0.25, 0.3) is 5.70 Å². The van der Waals surface area contributed by atoms with Gasteiger partial charge in [0, 0.05) is 15.6 Å². The molecular weight excluding hydrogens is 387 g/mol. The van der Waals surface area contributed by atoms with Crippen LogP contribution >= 0.6 is 35.0 Å². The van der Waals surface area contributed by atoms with Crippen molar-refractivity contribution in [3.05, 3.63) is 74.8 Å². The summed E-state index contributed by atoms with van der Waals surface area (Å²) in [6.45, 7) is 0. The van der Waals surface area contributed by atoms with Crippen molar-refractivity contribution < 1.29 is 4.79 Å². The van der Waals surface area contributed by atoms with E-state index in [1.54, 1.807) is 6.07 Å². The number of hydrogen-bond donors (Lipinski definition) is 0. The fraction of sp³-hybridized carbons (Fsp3) is 0.200. The van der Waals surface area contributed by atoms with Gasteiger partial charge in [0.1, 0.15) is 0 Å². The highest BCUT2D eigenvalue weighted by Gasteiger charge is 2.43. The number of aryl methyl sites for hydroxylation is 1. The van der Waals surface area contributed by atoms with E-state index in [0.717, 1.165) is 40.4 Å².